The Hall–Kier alpha value is -2.95. The molecule has 0 unspecified atom stereocenters. The van der Waals surface area contributed by atoms with E-state index in [9.17, 15) is 9.18 Å². The van der Waals surface area contributed by atoms with E-state index in [-0.39, 0.29) is 5.56 Å². The van der Waals surface area contributed by atoms with Crippen LogP contribution in [0.25, 0.3) is 11.5 Å². The average Bonchev–Trinajstić information content (AvgIpc) is 3.04. The van der Waals surface area contributed by atoms with Gasteiger partial charge in [0, 0.05) is 18.5 Å². The molecular weight excluding hydrogens is 319 g/mol. The van der Waals surface area contributed by atoms with Gasteiger partial charge in [0.15, 0.2) is 0 Å². The van der Waals surface area contributed by atoms with Crippen molar-refractivity contribution in [1.29, 1.82) is 0 Å². The van der Waals surface area contributed by atoms with Gasteiger partial charge in [0.25, 0.3) is 5.91 Å². The number of carbonyl (C=O) groups excluding carboxylic acids is 1. The lowest BCUT2D eigenvalue weighted by Crippen LogP contribution is -2.26. The number of oxazole rings is 1. The maximum atomic E-state index is 13.8. The zero-order valence-corrected chi connectivity index (χ0v) is 14.2. The topological polar surface area (TPSA) is 55.1 Å². The molecule has 5 heteroatoms. The van der Waals surface area contributed by atoms with Gasteiger partial charge in [0.2, 0.25) is 5.89 Å². The number of amides is 1. The van der Waals surface area contributed by atoms with Crippen LogP contribution in [0.15, 0.2) is 53.1 Å². The lowest BCUT2D eigenvalue weighted by molar-refractivity contribution is 0.0950. The summed E-state index contributed by atoms with van der Waals surface area (Å²) in [5, 5.41) is 2.70. The van der Waals surface area contributed by atoms with Crippen molar-refractivity contribution >= 4 is 5.91 Å². The van der Waals surface area contributed by atoms with Gasteiger partial charge in [-0.15, -0.1) is 0 Å². The molecule has 1 heterocycles. The molecule has 0 aliphatic carbocycles. The van der Waals surface area contributed by atoms with E-state index in [1.807, 2.05) is 31.2 Å². The van der Waals surface area contributed by atoms with Crippen LogP contribution in [0.2, 0.25) is 0 Å². The number of rotatable bonds is 5. The van der Waals surface area contributed by atoms with Crippen LogP contribution in [0.1, 0.15) is 27.2 Å². The lowest BCUT2D eigenvalue weighted by atomic mass is 10.1. The van der Waals surface area contributed by atoms with Crippen LogP contribution in [0.3, 0.4) is 0 Å². The van der Waals surface area contributed by atoms with Gasteiger partial charge in [-0.05, 0) is 43.7 Å². The standard InChI is InChI=1S/C20H19FN2O2/c1-13-3-6-15(7-4-13)20-23-16(12-25-20)9-10-22-19(24)17-8-5-14(2)11-18(17)21/h3-8,11-12H,9-10H2,1-2H3,(H,22,24). The van der Waals surface area contributed by atoms with Crippen LogP contribution in [-0.2, 0) is 6.42 Å². The third kappa shape index (κ3) is 4.12. The Labute approximate surface area is 145 Å². The van der Waals surface area contributed by atoms with Crippen LogP contribution in [-0.4, -0.2) is 17.4 Å². The van der Waals surface area contributed by atoms with Gasteiger partial charge in [-0.1, -0.05) is 23.8 Å². The normalized spacial score (nSPS) is 10.7. The summed E-state index contributed by atoms with van der Waals surface area (Å²) in [6.45, 7) is 4.15. The van der Waals surface area contributed by atoms with Crippen molar-refractivity contribution in [3.05, 3.63) is 76.9 Å². The van der Waals surface area contributed by atoms with Crippen LogP contribution in [0.5, 0.6) is 0 Å². The molecule has 25 heavy (non-hydrogen) atoms. The molecule has 3 rings (SSSR count). The van der Waals surface area contributed by atoms with E-state index in [1.54, 1.807) is 19.3 Å². The second-order valence-electron chi connectivity index (χ2n) is 6.00. The van der Waals surface area contributed by atoms with Gasteiger partial charge < -0.3 is 9.73 Å². The zero-order chi connectivity index (χ0) is 17.8. The van der Waals surface area contributed by atoms with E-state index in [2.05, 4.69) is 10.3 Å². The smallest absolute Gasteiger partial charge is 0.254 e. The van der Waals surface area contributed by atoms with Gasteiger partial charge in [0.05, 0.1) is 11.3 Å². The van der Waals surface area contributed by atoms with Gasteiger partial charge in [-0.25, -0.2) is 9.37 Å². The zero-order valence-electron chi connectivity index (χ0n) is 14.2. The predicted octanol–water partition coefficient (Wildman–Crippen LogP) is 4.07. The molecule has 1 aromatic heterocycles. The summed E-state index contributed by atoms with van der Waals surface area (Å²) in [5.74, 6) is -0.397. The Bertz CT molecular complexity index is 885. The summed E-state index contributed by atoms with van der Waals surface area (Å²) in [7, 11) is 0. The van der Waals surface area contributed by atoms with Crippen LogP contribution in [0.4, 0.5) is 4.39 Å². The second-order valence-corrected chi connectivity index (χ2v) is 6.00. The van der Waals surface area contributed by atoms with Crippen molar-refractivity contribution in [3.63, 3.8) is 0 Å². The van der Waals surface area contributed by atoms with Gasteiger partial charge in [-0.3, -0.25) is 4.79 Å². The second kappa shape index (κ2) is 7.30. The quantitative estimate of drug-likeness (QED) is 0.763. The Kier molecular flexibility index (Phi) is 4.93. The molecular formula is C20H19FN2O2. The fourth-order valence-corrected chi connectivity index (χ4v) is 2.45. The van der Waals surface area contributed by atoms with Crippen molar-refractivity contribution in [3.8, 4) is 11.5 Å². The molecule has 0 fully saturated rings. The largest absolute Gasteiger partial charge is 0.444 e. The van der Waals surface area contributed by atoms with Crippen molar-refractivity contribution in [2.75, 3.05) is 6.54 Å². The molecule has 1 amide bonds. The molecule has 2 aromatic carbocycles. The van der Waals surface area contributed by atoms with E-state index in [1.165, 1.54) is 17.7 Å². The van der Waals surface area contributed by atoms with E-state index in [4.69, 9.17) is 4.42 Å². The summed E-state index contributed by atoms with van der Waals surface area (Å²) in [5.41, 5.74) is 3.64. The summed E-state index contributed by atoms with van der Waals surface area (Å²) in [4.78, 5) is 16.4. The first-order chi connectivity index (χ1) is 12.0. The Balaban J connectivity index is 1.57. The fraction of sp³-hybridized carbons (Fsp3) is 0.200. The maximum absolute atomic E-state index is 13.8. The third-order valence-electron chi connectivity index (χ3n) is 3.89. The SMILES string of the molecule is Cc1ccc(-c2nc(CCNC(=O)c3ccc(C)cc3F)co2)cc1. The maximum Gasteiger partial charge on any atom is 0.254 e. The monoisotopic (exact) mass is 338 g/mol. The number of hydrogen-bond acceptors (Lipinski definition) is 3. The number of aryl methyl sites for hydroxylation is 2. The van der Waals surface area contributed by atoms with Crippen LogP contribution in [0, 0.1) is 19.7 Å². The summed E-state index contributed by atoms with van der Waals surface area (Å²) >= 11 is 0. The Morgan fingerprint density at radius 2 is 1.84 bits per heavy atom. The van der Waals surface area contributed by atoms with Crippen LogP contribution < -0.4 is 5.32 Å². The van der Waals surface area contributed by atoms with Gasteiger partial charge in [-0.2, -0.15) is 0 Å². The molecule has 0 spiro atoms. The van der Waals surface area contributed by atoms with Gasteiger partial charge >= 0.3 is 0 Å². The number of benzene rings is 2. The molecule has 1 N–H and O–H groups in total. The molecule has 0 atom stereocenters. The highest BCUT2D eigenvalue weighted by atomic mass is 19.1. The molecule has 0 aliphatic rings. The molecule has 4 nitrogen and oxygen atoms in total. The number of nitrogens with zero attached hydrogens (tertiary/aromatic N) is 1. The third-order valence-corrected chi connectivity index (χ3v) is 3.89. The highest BCUT2D eigenvalue weighted by Crippen LogP contribution is 2.19. The summed E-state index contributed by atoms with van der Waals surface area (Å²) in [6, 6.07) is 12.4. The number of nitrogens with one attached hydrogen (secondary N) is 1. The van der Waals surface area contributed by atoms with E-state index in [0.29, 0.717) is 18.9 Å². The summed E-state index contributed by atoms with van der Waals surface area (Å²) < 4.78 is 19.3. The van der Waals surface area contributed by atoms with Crippen LogP contribution >= 0.6 is 0 Å². The minimum Gasteiger partial charge on any atom is -0.444 e. The molecule has 0 saturated heterocycles. The number of hydrogen-bond donors (Lipinski definition) is 1. The molecule has 0 radical (unpaired) electrons. The van der Waals surface area contributed by atoms with Crippen molar-refractivity contribution in [2.24, 2.45) is 0 Å². The summed E-state index contributed by atoms with van der Waals surface area (Å²) in [6.07, 6.45) is 2.09. The molecule has 0 saturated carbocycles. The molecule has 0 aliphatic heterocycles. The van der Waals surface area contributed by atoms with E-state index < -0.39 is 11.7 Å². The van der Waals surface area contributed by atoms with E-state index >= 15 is 0 Å². The number of carbonyl (C=O) groups is 1. The Morgan fingerprint density at radius 3 is 2.56 bits per heavy atom. The molecule has 128 valence electrons. The first-order valence-corrected chi connectivity index (χ1v) is 8.09. The highest BCUT2D eigenvalue weighted by Gasteiger charge is 2.12. The minimum atomic E-state index is -0.513. The lowest BCUT2D eigenvalue weighted by Gasteiger charge is -2.05. The number of halogens is 1. The fourth-order valence-electron chi connectivity index (χ4n) is 2.45. The number of aromatic nitrogens is 1. The first kappa shape index (κ1) is 16.9. The average molecular weight is 338 g/mol. The molecule has 0 bridgehead atoms. The van der Waals surface area contributed by atoms with Crippen molar-refractivity contribution < 1.29 is 13.6 Å². The molecule has 3 aromatic rings. The first-order valence-electron chi connectivity index (χ1n) is 8.09. The van der Waals surface area contributed by atoms with E-state index in [0.717, 1.165) is 16.8 Å². The van der Waals surface area contributed by atoms with Gasteiger partial charge in [0.1, 0.15) is 12.1 Å². The minimum absolute atomic E-state index is 0.0473. The highest BCUT2D eigenvalue weighted by molar-refractivity contribution is 5.94. The van der Waals surface area contributed by atoms with Crippen molar-refractivity contribution in [1.82, 2.24) is 10.3 Å². The van der Waals surface area contributed by atoms with Crippen molar-refractivity contribution in [2.45, 2.75) is 20.3 Å². The predicted molar refractivity (Wildman–Crippen MR) is 93.9 cm³/mol. The Morgan fingerprint density at radius 1 is 1.12 bits per heavy atom.